The first kappa shape index (κ1) is 30.8. The normalized spacial score (nSPS) is 16.5. The summed E-state index contributed by atoms with van der Waals surface area (Å²) >= 11 is 8.02. The summed E-state index contributed by atoms with van der Waals surface area (Å²) in [5.74, 6) is -3.82. The maximum Gasteiger partial charge on any atom is 0.416 e. The fourth-order valence-corrected chi connectivity index (χ4v) is 6.39. The van der Waals surface area contributed by atoms with Crippen molar-refractivity contribution in [2.75, 3.05) is 13.1 Å². The number of ether oxygens (including phenoxy) is 2. The van der Waals surface area contributed by atoms with Crippen LogP contribution in [0.15, 0.2) is 59.5 Å². The van der Waals surface area contributed by atoms with Gasteiger partial charge in [0.2, 0.25) is 0 Å². The predicted octanol–water partition coefficient (Wildman–Crippen LogP) is 5.90. The van der Waals surface area contributed by atoms with E-state index in [4.69, 9.17) is 21.1 Å². The largest absolute Gasteiger partial charge is 0.416 e. The van der Waals surface area contributed by atoms with E-state index in [-0.39, 0.29) is 30.5 Å². The van der Waals surface area contributed by atoms with Gasteiger partial charge >= 0.3 is 18.1 Å². The smallest absolute Gasteiger partial charge is 0.416 e. The summed E-state index contributed by atoms with van der Waals surface area (Å²) in [4.78, 5) is 38.0. The number of rotatable bonds is 6. The van der Waals surface area contributed by atoms with Gasteiger partial charge in [0, 0.05) is 28.3 Å². The van der Waals surface area contributed by atoms with E-state index >= 15 is 0 Å². The molecule has 0 saturated carbocycles. The van der Waals surface area contributed by atoms with Crippen LogP contribution < -0.4 is 10.6 Å². The highest BCUT2D eigenvalue weighted by atomic mass is 35.5. The quantitative estimate of drug-likeness (QED) is 0.198. The van der Waals surface area contributed by atoms with E-state index in [9.17, 15) is 31.9 Å². The number of alkyl halides is 3. The number of thioether (sulfide) groups is 1. The van der Waals surface area contributed by atoms with Crippen LogP contribution in [0.4, 0.5) is 17.6 Å². The van der Waals surface area contributed by atoms with Crippen molar-refractivity contribution in [2.24, 2.45) is 0 Å². The Labute approximate surface area is 253 Å². The van der Waals surface area contributed by atoms with Crippen molar-refractivity contribution in [3.63, 3.8) is 0 Å². The van der Waals surface area contributed by atoms with Crippen LogP contribution >= 0.6 is 23.4 Å². The van der Waals surface area contributed by atoms with Gasteiger partial charge in [-0.05, 0) is 66.1 Å². The van der Waals surface area contributed by atoms with Crippen molar-refractivity contribution in [3.8, 4) is 0 Å². The number of esters is 2. The molecule has 226 valence electrons. The zero-order valence-electron chi connectivity index (χ0n) is 22.5. The Morgan fingerprint density at radius 3 is 2.37 bits per heavy atom. The zero-order chi connectivity index (χ0) is 30.8. The predicted molar refractivity (Wildman–Crippen MR) is 150 cm³/mol. The van der Waals surface area contributed by atoms with E-state index in [0.29, 0.717) is 35.4 Å². The van der Waals surface area contributed by atoms with Crippen molar-refractivity contribution in [3.05, 3.63) is 98.8 Å². The molecule has 43 heavy (non-hydrogen) atoms. The molecule has 0 atom stereocenters. The molecular weight excluding hydrogens is 612 g/mol. The van der Waals surface area contributed by atoms with Gasteiger partial charge in [-0.25, -0.2) is 4.39 Å². The number of fused-ring (bicyclic) bond motifs is 2. The number of carbonyl (C=O) groups is 3. The molecule has 0 aromatic heterocycles. The van der Waals surface area contributed by atoms with Crippen LogP contribution in [0.1, 0.15) is 51.0 Å². The maximum atomic E-state index is 13.4. The standard InChI is InChI=1S/C30H25ClF4N2O5S/c31-24-8-7-22-21(11-12-36-16-29(22)41-25(38)9-10-26(39)42-29)27(24)43-15-17-1-3-18(4-2-17)28(40)37-14-19-5-6-20(32)13-23(19)30(33,34)35/h1-8,13,36H,9-12,14-16H2,(H,37,40). The van der Waals surface area contributed by atoms with Crippen molar-refractivity contribution in [1.29, 1.82) is 0 Å². The topological polar surface area (TPSA) is 93.7 Å². The molecule has 2 aliphatic heterocycles. The molecule has 3 aromatic rings. The lowest BCUT2D eigenvalue weighted by Crippen LogP contribution is -2.43. The number of nitrogens with one attached hydrogen (secondary N) is 2. The van der Waals surface area contributed by atoms with Gasteiger partial charge in [-0.3, -0.25) is 14.4 Å². The molecule has 0 unspecified atom stereocenters. The lowest BCUT2D eigenvalue weighted by Gasteiger charge is -2.32. The summed E-state index contributed by atoms with van der Waals surface area (Å²) < 4.78 is 64.5. The Balaban J connectivity index is 1.29. The first-order valence-electron chi connectivity index (χ1n) is 13.3. The molecule has 2 aliphatic rings. The Hall–Kier alpha value is -3.61. The zero-order valence-corrected chi connectivity index (χ0v) is 24.1. The third-order valence-corrected chi connectivity index (χ3v) is 8.70. The summed E-state index contributed by atoms with van der Waals surface area (Å²) in [6, 6.07) is 12.2. The molecule has 7 nitrogen and oxygen atoms in total. The minimum absolute atomic E-state index is 0.0695. The highest BCUT2D eigenvalue weighted by Crippen LogP contribution is 2.42. The number of carbonyl (C=O) groups excluding carboxylic acids is 3. The lowest BCUT2D eigenvalue weighted by molar-refractivity contribution is -0.225. The van der Waals surface area contributed by atoms with E-state index in [0.717, 1.165) is 28.2 Å². The third-order valence-electron chi connectivity index (χ3n) is 7.04. The number of hydrogen-bond acceptors (Lipinski definition) is 7. The van der Waals surface area contributed by atoms with Crippen LogP contribution in [-0.4, -0.2) is 30.9 Å². The van der Waals surface area contributed by atoms with Crippen LogP contribution in [0.3, 0.4) is 0 Å². The second-order valence-electron chi connectivity index (χ2n) is 10.00. The minimum atomic E-state index is -4.76. The summed E-state index contributed by atoms with van der Waals surface area (Å²) in [6.07, 6.45) is -4.36. The Morgan fingerprint density at radius 2 is 1.70 bits per heavy atom. The molecule has 0 bridgehead atoms. The molecule has 5 rings (SSSR count). The fraction of sp³-hybridized carbons (Fsp3) is 0.300. The highest BCUT2D eigenvalue weighted by molar-refractivity contribution is 7.98. The first-order valence-corrected chi connectivity index (χ1v) is 14.6. The molecule has 1 amide bonds. The fourth-order valence-electron chi connectivity index (χ4n) is 4.95. The highest BCUT2D eigenvalue weighted by Gasteiger charge is 2.46. The van der Waals surface area contributed by atoms with Crippen LogP contribution in [0.25, 0.3) is 0 Å². The van der Waals surface area contributed by atoms with Gasteiger partial charge in [-0.15, -0.1) is 11.8 Å². The molecule has 3 aromatic carbocycles. The Bertz CT molecular complexity index is 1550. The van der Waals surface area contributed by atoms with E-state index in [1.807, 2.05) is 0 Å². The van der Waals surface area contributed by atoms with Crippen LogP contribution in [0.5, 0.6) is 0 Å². The molecule has 2 heterocycles. The summed E-state index contributed by atoms with van der Waals surface area (Å²) in [5.41, 5.74) is 1.02. The van der Waals surface area contributed by atoms with E-state index in [2.05, 4.69) is 10.6 Å². The second-order valence-corrected chi connectivity index (χ2v) is 11.4. The van der Waals surface area contributed by atoms with Crippen LogP contribution in [-0.2, 0) is 49.7 Å². The second kappa shape index (κ2) is 12.6. The molecule has 1 saturated heterocycles. The average Bonchev–Trinajstić information content (AvgIpc) is 3.23. The summed E-state index contributed by atoms with van der Waals surface area (Å²) in [7, 11) is 0. The van der Waals surface area contributed by atoms with Gasteiger partial charge in [-0.1, -0.05) is 29.8 Å². The number of hydrogen-bond donors (Lipinski definition) is 2. The molecule has 2 N–H and O–H groups in total. The van der Waals surface area contributed by atoms with Gasteiger partial charge < -0.3 is 20.1 Å². The number of amides is 1. The van der Waals surface area contributed by atoms with E-state index < -0.39 is 47.7 Å². The third kappa shape index (κ3) is 6.97. The van der Waals surface area contributed by atoms with Gasteiger partial charge in [0.25, 0.3) is 11.7 Å². The van der Waals surface area contributed by atoms with Crippen molar-refractivity contribution in [1.82, 2.24) is 10.6 Å². The molecule has 13 heteroatoms. The Morgan fingerprint density at radius 1 is 1.00 bits per heavy atom. The first-order chi connectivity index (χ1) is 20.4. The Kier molecular flexibility index (Phi) is 9.00. The van der Waals surface area contributed by atoms with Crippen LogP contribution in [0, 0.1) is 5.82 Å². The number of benzene rings is 3. The SMILES string of the molecule is O=C1CCC(=O)OC2(CNCCc3c2ccc(Cl)c3SCc2ccc(C(=O)NCc3ccc(F)cc3C(F)(F)F)cc2)O1. The lowest BCUT2D eigenvalue weighted by atomic mass is 9.98. The molecule has 0 aliphatic carbocycles. The van der Waals surface area contributed by atoms with Crippen molar-refractivity contribution >= 4 is 41.2 Å². The molecule has 1 spiro atoms. The van der Waals surface area contributed by atoms with Crippen molar-refractivity contribution < 1.29 is 41.4 Å². The summed E-state index contributed by atoms with van der Waals surface area (Å²) in [5, 5.41) is 6.10. The number of halogens is 5. The van der Waals surface area contributed by atoms with Crippen LogP contribution in [0.2, 0.25) is 5.02 Å². The van der Waals surface area contributed by atoms with Gasteiger partial charge in [0.1, 0.15) is 5.82 Å². The molecule has 1 fully saturated rings. The van der Waals surface area contributed by atoms with Gasteiger partial charge in [0.15, 0.2) is 0 Å². The van der Waals surface area contributed by atoms with Crippen molar-refractivity contribution in [2.45, 2.75) is 48.4 Å². The molecule has 0 radical (unpaired) electrons. The molecular formula is C30H25ClF4N2O5S. The monoisotopic (exact) mass is 636 g/mol. The van der Waals surface area contributed by atoms with E-state index in [1.165, 1.54) is 11.8 Å². The minimum Gasteiger partial charge on any atom is -0.416 e. The van der Waals surface area contributed by atoms with E-state index in [1.54, 1.807) is 36.4 Å². The average molecular weight is 637 g/mol. The summed E-state index contributed by atoms with van der Waals surface area (Å²) in [6.45, 7) is 0.208. The van der Waals surface area contributed by atoms with Gasteiger partial charge in [-0.2, -0.15) is 13.2 Å². The van der Waals surface area contributed by atoms with Gasteiger partial charge in [0.05, 0.1) is 30.0 Å². The maximum absolute atomic E-state index is 13.4.